The van der Waals surface area contributed by atoms with Gasteiger partial charge in [0.2, 0.25) is 5.91 Å². The van der Waals surface area contributed by atoms with E-state index in [9.17, 15) is 9.59 Å². The highest BCUT2D eigenvalue weighted by Crippen LogP contribution is 2.53. The highest BCUT2D eigenvalue weighted by atomic mass is 16.6. The molecule has 2 saturated heterocycles. The van der Waals surface area contributed by atoms with Crippen LogP contribution >= 0.6 is 0 Å². The van der Waals surface area contributed by atoms with E-state index in [0.717, 1.165) is 29.9 Å². The van der Waals surface area contributed by atoms with E-state index >= 15 is 0 Å². The van der Waals surface area contributed by atoms with Crippen LogP contribution in [0.2, 0.25) is 0 Å². The minimum absolute atomic E-state index is 0.0413. The number of rotatable bonds is 4. The molecule has 0 bridgehead atoms. The average molecular weight is 489 g/mol. The zero-order valence-corrected chi connectivity index (χ0v) is 22.1. The van der Waals surface area contributed by atoms with Gasteiger partial charge in [0.1, 0.15) is 28.7 Å². The Morgan fingerprint density at radius 3 is 2.69 bits per heavy atom. The van der Waals surface area contributed by atoms with Gasteiger partial charge in [0, 0.05) is 36.6 Å². The minimum atomic E-state index is -0.613. The van der Waals surface area contributed by atoms with Gasteiger partial charge in [-0.05, 0) is 66.0 Å². The van der Waals surface area contributed by atoms with Crippen LogP contribution in [0.1, 0.15) is 72.5 Å². The number of alkyl carbamates (subject to hydrolysis) is 1. The Labute approximate surface area is 208 Å². The molecule has 0 radical (unpaired) electrons. The summed E-state index contributed by atoms with van der Waals surface area (Å²) in [7, 11) is 1.65. The number of hydrogen-bond donors (Lipinski definition) is 1. The lowest BCUT2D eigenvalue weighted by Crippen LogP contribution is -2.58. The molecule has 1 N–H and O–H groups in total. The van der Waals surface area contributed by atoms with Crippen LogP contribution in [-0.2, 0) is 14.3 Å². The summed E-state index contributed by atoms with van der Waals surface area (Å²) >= 11 is 0. The summed E-state index contributed by atoms with van der Waals surface area (Å²) in [5.41, 5.74) is 0.0452. The molecule has 4 rings (SSSR count). The Bertz CT molecular complexity index is 955. The first-order valence-electron chi connectivity index (χ1n) is 12.7. The SMILES string of the molecule is CC[C@H](NC(=O)OC(C)(C)C)C(=O)N1CC[C@H]2O[C@H]3c4ccc(OC)cc4OC(C)(C)[C@@H]3C[C@H]2C1. The molecule has 0 aliphatic carbocycles. The molecule has 0 aromatic heterocycles. The summed E-state index contributed by atoms with van der Waals surface area (Å²) in [5, 5.41) is 2.76. The number of carbonyl (C=O) groups excluding carboxylic acids is 2. The second kappa shape index (κ2) is 9.52. The van der Waals surface area contributed by atoms with Gasteiger partial charge in [-0.1, -0.05) is 6.92 Å². The summed E-state index contributed by atoms with van der Waals surface area (Å²) in [6.07, 6.45) is 1.67. The quantitative estimate of drug-likeness (QED) is 0.673. The van der Waals surface area contributed by atoms with Gasteiger partial charge in [0.15, 0.2) is 0 Å². The third-order valence-corrected chi connectivity index (χ3v) is 7.41. The molecule has 5 atom stereocenters. The minimum Gasteiger partial charge on any atom is -0.497 e. The fourth-order valence-corrected chi connectivity index (χ4v) is 5.62. The zero-order valence-electron chi connectivity index (χ0n) is 22.1. The highest BCUT2D eigenvalue weighted by molar-refractivity contribution is 5.85. The van der Waals surface area contributed by atoms with Crippen LogP contribution in [0.5, 0.6) is 11.5 Å². The molecule has 0 unspecified atom stereocenters. The van der Waals surface area contributed by atoms with E-state index in [-0.39, 0.29) is 30.0 Å². The molecule has 8 nitrogen and oxygen atoms in total. The lowest BCUT2D eigenvalue weighted by molar-refractivity contribution is -0.189. The van der Waals surface area contributed by atoms with E-state index in [0.29, 0.717) is 19.5 Å². The van der Waals surface area contributed by atoms with Crippen molar-refractivity contribution in [3.63, 3.8) is 0 Å². The number of ether oxygens (including phenoxy) is 4. The second-order valence-corrected chi connectivity index (χ2v) is 11.5. The van der Waals surface area contributed by atoms with E-state index in [1.165, 1.54) is 0 Å². The molecule has 194 valence electrons. The number of nitrogens with one attached hydrogen (secondary N) is 1. The number of carbonyl (C=O) groups is 2. The number of fused-ring (bicyclic) bond motifs is 4. The van der Waals surface area contributed by atoms with E-state index in [4.69, 9.17) is 18.9 Å². The van der Waals surface area contributed by atoms with Crippen LogP contribution < -0.4 is 14.8 Å². The van der Waals surface area contributed by atoms with Gasteiger partial charge in [0.25, 0.3) is 0 Å². The van der Waals surface area contributed by atoms with Crippen LogP contribution in [0.25, 0.3) is 0 Å². The molecule has 3 heterocycles. The topological polar surface area (TPSA) is 86.3 Å². The number of methoxy groups -OCH3 is 1. The normalized spacial score (nSPS) is 27.9. The summed E-state index contributed by atoms with van der Waals surface area (Å²) in [6, 6.07) is 5.34. The van der Waals surface area contributed by atoms with Crippen molar-refractivity contribution >= 4 is 12.0 Å². The maximum absolute atomic E-state index is 13.3. The molecular weight excluding hydrogens is 448 g/mol. The Balaban J connectivity index is 1.45. The summed E-state index contributed by atoms with van der Waals surface area (Å²) in [4.78, 5) is 27.5. The smallest absolute Gasteiger partial charge is 0.408 e. The lowest BCUT2D eigenvalue weighted by atomic mass is 9.70. The molecule has 1 aromatic rings. The number of piperidine rings is 1. The zero-order chi connectivity index (χ0) is 25.5. The summed E-state index contributed by atoms with van der Waals surface area (Å²) in [6.45, 7) is 12.8. The Morgan fingerprint density at radius 2 is 2.03 bits per heavy atom. The molecule has 35 heavy (non-hydrogen) atoms. The van der Waals surface area contributed by atoms with Crippen LogP contribution in [0.4, 0.5) is 4.79 Å². The summed E-state index contributed by atoms with van der Waals surface area (Å²) < 4.78 is 23.9. The van der Waals surface area contributed by atoms with Crippen molar-refractivity contribution in [2.45, 2.75) is 90.3 Å². The van der Waals surface area contributed by atoms with Crippen LogP contribution in [0.3, 0.4) is 0 Å². The van der Waals surface area contributed by atoms with Gasteiger partial charge in [-0.25, -0.2) is 4.79 Å². The van der Waals surface area contributed by atoms with E-state index in [1.54, 1.807) is 7.11 Å². The lowest BCUT2D eigenvalue weighted by Gasteiger charge is -2.53. The van der Waals surface area contributed by atoms with Crippen LogP contribution in [-0.4, -0.2) is 60.4 Å². The molecule has 8 heteroatoms. The molecule has 2 fully saturated rings. The predicted octanol–water partition coefficient (Wildman–Crippen LogP) is 4.46. The predicted molar refractivity (Wildman–Crippen MR) is 132 cm³/mol. The Hall–Kier alpha value is -2.48. The molecule has 1 aromatic carbocycles. The maximum Gasteiger partial charge on any atom is 0.408 e. The molecule has 3 aliphatic heterocycles. The molecule has 2 amide bonds. The second-order valence-electron chi connectivity index (χ2n) is 11.5. The van der Waals surface area contributed by atoms with E-state index in [2.05, 4.69) is 19.2 Å². The van der Waals surface area contributed by atoms with Crippen molar-refractivity contribution in [3.8, 4) is 11.5 Å². The number of hydrogen-bond acceptors (Lipinski definition) is 6. The first-order chi connectivity index (χ1) is 16.4. The van der Waals surface area contributed by atoms with Crippen LogP contribution in [0, 0.1) is 11.8 Å². The molecule has 3 aliphatic rings. The highest BCUT2D eigenvalue weighted by Gasteiger charge is 2.51. The first kappa shape index (κ1) is 25.6. The molecular formula is C27H40N2O6. The largest absolute Gasteiger partial charge is 0.497 e. The van der Waals surface area contributed by atoms with Crippen molar-refractivity contribution in [2.24, 2.45) is 11.8 Å². The van der Waals surface area contributed by atoms with Crippen molar-refractivity contribution in [2.75, 3.05) is 20.2 Å². The van der Waals surface area contributed by atoms with E-state index < -0.39 is 23.3 Å². The third kappa shape index (κ3) is 5.37. The standard InChI is InChI=1S/C27H40N2O6/c1-8-20(28-25(31)35-26(2,3)4)24(30)29-12-11-21-16(15-29)13-19-23(33-21)18-10-9-17(32-7)14-22(18)34-27(19,5)6/h9-10,14,16,19-21,23H,8,11-13,15H2,1-7H3,(H,28,31)/t16-,19+,20-,21+,23-/m0/s1. The first-order valence-corrected chi connectivity index (χ1v) is 12.7. The molecule has 0 saturated carbocycles. The number of likely N-dealkylation sites (tertiary alicyclic amines) is 1. The third-order valence-electron chi connectivity index (χ3n) is 7.41. The molecule has 0 spiro atoms. The summed E-state index contributed by atoms with van der Waals surface area (Å²) in [5.74, 6) is 1.91. The van der Waals surface area contributed by atoms with Gasteiger partial charge in [-0.3, -0.25) is 4.79 Å². The number of nitrogens with zero attached hydrogens (tertiary/aromatic N) is 1. The maximum atomic E-state index is 13.3. The van der Waals surface area contributed by atoms with Crippen molar-refractivity contribution in [1.29, 1.82) is 0 Å². The van der Waals surface area contributed by atoms with E-state index in [1.807, 2.05) is 50.8 Å². The van der Waals surface area contributed by atoms with Gasteiger partial charge >= 0.3 is 6.09 Å². The fourth-order valence-electron chi connectivity index (χ4n) is 5.62. The van der Waals surface area contributed by atoms with Gasteiger partial charge < -0.3 is 29.2 Å². The van der Waals surface area contributed by atoms with Gasteiger partial charge in [-0.2, -0.15) is 0 Å². The Kier molecular flexibility index (Phi) is 6.97. The van der Waals surface area contributed by atoms with Crippen LogP contribution in [0.15, 0.2) is 18.2 Å². The van der Waals surface area contributed by atoms with Gasteiger partial charge in [0.05, 0.1) is 19.3 Å². The van der Waals surface area contributed by atoms with Crippen molar-refractivity contribution in [3.05, 3.63) is 23.8 Å². The van der Waals surface area contributed by atoms with Gasteiger partial charge in [-0.15, -0.1) is 0 Å². The monoisotopic (exact) mass is 488 g/mol. The fraction of sp³-hybridized carbons (Fsp3) is 0.704. The average Bonchev–Trinajstić information content (AvgIpc) is 2.79. The number of amides is 2. The number of benzene rings is 1. The van der Waals surface area contributed by atoms with Crippen molar-refractivity contribution < 1.29 is 28.5 Å². The van der Waals surface area contributed by atoms with Crippen molar-refractivity contribution in [1.82, 2.24) is 10.2 Å². The Morgan fingerprint density at radius 1 is 1.29 bits per heavy atom.